The van der Waals surface area contributed by atoms with Crippen LogP contribution in [0.3, 0.4) is 0 Å². The predicted molar refractivity (Wildman–Crippen MR) is 67.7 cm³/mol. The van der Waals surface area contributed by atoms with Gasteiger partial charge in [0.15, 0.2) is 0 Å². The number of aliphatic hydroxyl groups is 1. The minimum Gasteiger partial charge on any atom is -0.395 e. The molecule has 0 saturated heterocycles. The molecule has 4 heteroatoms. The minimum absolute atomic E-state index is 0.0732. The number of anilines is 1. The van der Waals surface area contributed by atoms with Crippen LogP contribution in [0.1, 0.15) is 18.9 Å². The van der Waals surface area contributed by atoms with Gasteiger partial charge in [-0.3, -0.25) is 0 Å². The van der Waals surface area contributed by atoms with Crippen LogP contribution >= 0.6 is 0 Å². The second kappa shape index (κ2) is 7.31. The molecule has 0 aliphatic heterocycles. The van der Waals surface area contributed by atoms with Crippen LogP contribution < -0.4 is 10.6 Å². The average molecular weight is 232 g/mol. The summed E-state index contributed by atoms with van der Waals surface area (Å²) in [6, 6.07) is 7.01. The third kappa shape index (κ3) is 5.05. The van der Waals surface area contributed by atoms with E-state index in [0.717, 1.165) is 11.3 Å². The summed E-state index contributed by atoms with van der Waals surface area (Å²) in [5, 5.41) is 13.9. The van der Waals surface area contributed by atoms with Crippen LogP contribution in [0.4, 0.5) is 10.5 Å². The van der Waals surface area contributed by atoms with Crippen molar-refractivity contribution in [3.63, 3.8) is 0 Å². The molecule has 0 heterocycles. The van der Waals surface area contributed by atoms with Gasteiger partial charge in [-0.25, -0.2) is 4.79 Å². The number of urea groups is 1. The van der Waals surface area contributed by atoms with Crippen molar-refractivity contribution in [2.75, 3.05) is 18.5 Å². The summed E-state index contributed by atoms with van der Waals surface area (Å²) in [5.41, 5.74) is 1.59. The summed E-state index contributed by atoms with van der Waals surface area (Å²) in [6.07, 6.45) is 0.471. The maximum atomic E-state index is 11.2. The summed E-state index contributed by atoms with van der Waals surface area (Å²) in [6.45, 7) is 2.53. The number of nitrogens with one attached hydrogen (secondary N) is 2. The van der Waals surface area contributed by atoms with Gasteiger partial charge in [-0.2, -0.15) is 0 Å². The van der Waals surface area contributed by atoms with Crippen LogP contribution in [-0.2, 0) is 0 Å². The maximum absolute atomic E-state index is 11.2. The number of aliphatic hydroxyl groups excluding tert-OH is 1. The number of carbonyl (C=O) groups excluding carboxylic acids is 1. The molecular weight excluding hydrogens is 216 g/mol. The molecule has 2 amide bonds. The van der Waals surface area contributed by atoms with Crippen molar-refractivity contribution in [1.29, 1.82) is 0 Å². The monoisotopic (exact) mass is 232 g/mol. The van der Waals surface area contributed by atoms with Crippen LogP contribution in [0.5, 0.6) is 0 Å². The molecule has 0 spiro atoms. The Hall–Kier alpha value is -1.99. The first-order valence-electron chi connectivity index (χ1n) is 5.51. The molecule has 3 N–H and O–H groups in total. The van der Waals surface area contributed by atoms with Gasteiger partial charge in [0.2, 0.25) is 0 Å². The summed E-state index contributed by atoms with van der Waals surface area (Å²) >= 11 is 0. The van der Waals surface area contributed by atoms with Gasteiger partial charge < -0.3 is 15.7 Å². The highest BCUT2D eigenvalue weighted by Gasteiger charge is 1.98. The number of benzene rings is 1. The lowest BCUT2D eigenvalue weighted by molar-refractivity contribution is 0.252. The molecule has 0 saturated carbocycles. The smallest absolute Gasteiger partial charge is 0.319 e. The van der Waals surface area contributed by atoms with Crippen LogP contribution in [0.2, 0.25) is 0 Å². The Morgan fingerprint density at radius 3 is 2.65 bits per heavy atom. The van der Waals surface area contributed by atoms with E-state index in [1.807, 2.05) is 19.1 Å². The van der Waals surface area contributed by atoms with Crippen molar-refractivity contribution < 1.29 is 9.90 Å². The number of hydrogen-bond acceptors (Lipinski definition) is 2. The lowest BCUT2D eigenvalue weighted by atomic mass is 10.2. The number of hydrogen-bond donors (Lipinski definition) is 3. The van der Waals surface area contributed by atoms with E-state index in [1.165, 1.54) is 0 Å². The second-order valence-electron chi connectivity index (χ2n) is 3.34. The fourth-order valence-corrected chi connectivity index (χ4v) is 1.19. The zero-order valence-electron chi connectivity index (χ0n) is 9.79. The molecule has 0 atom stereocenters. The molecule has 90 valence electrons. The standard InChI is InChI=1S/C13H16N2O2/c1-2-14-13(17)15-12-8-6-11(7-9-12)5-3-4-10-16/h6-9,16H,2,4,10H2,1H3,(H2,14,15,17). The van der Waals surface area contributed by atoms with E-state index in [9.17, 15) is 4.79 Å². The van der Waals surface area contributed by atoms with Crippen molar-refractivity contribution in [3.05, 3.63) is 29.8 Å². The zero-order chi connectivity index (χ0) is 12.5. The fourth-order valence-electron chi connectivity index (χ4n) is 1.19. The Balaban J connectivity index is 2.56. The first kappa shape index (κ1) is 13.1. The third-order valence-corrected chi connectivity index (χ3v) is 1.95. The number of carbonyl (C=O) groups is 1. The summed E-state index contributed by atoms with van der Waals surface area (Å²) in [7, 11) is 0. The van der Waals surface area contributed by atoms with E-state index >= 15 is 0 Å². The second-order valence-corrected chi connectivity index (χ2v) is 3.34. The van der Waals surface area contributed by atoms with Gasteiger partial charge in [0.25, 0.3) is 0 Å². The molecule has 0 unspecified atom stereocenters. The predicted octanol–water partition coefficient (Wildman–Crippen LogP) is 1.56. The molecule has 1 aromatic carbocycles. The van der Waals surface area contributed by atoms with Crippen molar-refractivity contribution in [2.24, 2.45) is 0 Å². The number of rotatable bonds is 3. The van der Waals surface area contributed by atoms with Crippen LogP contribution in [0, 0.1) is 11.8 Å². The Morgan fingerprint density at radius 2 is 2.06 bits per heavy atom. The van der Waals surface area contributed by atoms with Gasteiger partial charge in [0.05, 0.1) is 6.61 Å². The highest BCUT2D eigenvalue weighted by molar-refractivity contribution is 5.89. The highest BCUT2D eigenvalue weighted by Crippen LogP contribution is 2.08. The Morgan fingerprint density at radius 1 is 1.35 bits per heavy atom. The van der Waals surface area contributed by atoms with Crippen molar-refractivity contribution in [1.82, 2.24) is 5.32 Å². The molecule has 1 aromatic rings. The normalized spacial score (nSPS) is 9.06. The molecule has 1 rings (SSSR count). The topological polar surface area (TPSA) is 61.4 Å². The molecule has 0 aromatic heterocycles. The molecule has 17 heavy (non-hydrogen) atoms. The van der Waals surface area contributed by atoms with Crippen LogP contribution in [0.15, 0.2) is 24.3 Å². The minimum atomic E-state index is -0.216. The zero-order valence-corrected chi connectivity index (χ0v) is 9.79. The van der Waals surface area contributed by atoms with E-state index in [1.54, 1.807) is 12.1 Å². The lowest BCUT2D eigenvalue weighted by Crippen LogP contribution is -2.28. The van der Waals surface area contributed by atoms with Gasteiger partial charge in [-0.15, -0.1) is 0 Å². The molecule has 4 nitrogen and oxygen atoms in total. The van der Waals surface area contributed by atoms with E-state index in [4.69, 9.17) is 5.11 Å². The van der Waals surface area contributed by atoms with Gasteiger partial charge >= 0.3 is 6.03 Å². The van der Waals surface area contributed by atoms with Gasteiger partial charge in [-0.05, 0) is 31.2 Å². The lowest BCUT2D eigenvalue weighted by Gasteiger charge is -2.05. The molecular formula is C13H16N2O2. The van der Waals surface area contributed by atoms with Crippen LogP contribution in [-0.4, -0.2) is 24.3 Å². The first-order chi connectivity index (χ1) is 8.26. The molecule has 0 aliphatic rings. The first-order valence-corrected chi connectivity index (χ1v) is 5.51. The van der Waals surface area contributed by atoms with Gasteiger partial charge in [-0.1, -0.05) is 11.8 Å². The van der Waals surface area contributed by atoms with E-state index < -0.39 is 0 Å². The van der Waals surface area contributed by atoms with Gasteiger partial charge in [0, 0.05) is 24.2 Å². The molecule has 0 fully saturated rings. The highest BCUT2D eigenvalue weighted by atomic mass is 16.2. The quantitative estimate of drug-likeness (QED) is 0.693. The van der Waals surface area contributed by atoms with E-state index in [-0.39, 0.29) is 12.6 Å². The van der Waals surface area contributed by atoms with E-state index in [2.05, 4.69) is 22.5 Å². The van der Waals surface area contributed by atoms with Crippen molar-refractivity contribution >= 4 is 11.7 Å². The van der Waals surface area contributed by atoms with Crippen LogP contribution in [0.25, 0.3) is 0 Å². The molecule has 0 radical (unpaired) electrons. The molecule has 0 aliphatic carbocycles. The Kier molecular flexibility index (Phi) is 5.62. The van der Waals surface area contributed by atoms with Crippen molar-refractivity contribution in [2.45, 2.75) is 13.3 Å². The molecule has 0 bridgehead atoms. The van der Waals surface area contributed by atoms with Crippen molar-refractivity contribution in [3.8, 4) is 11.8 Å². The number of amides is 2. The average Bonchev–Trinajstić information content (AvgIpc) is 2.32. The third-order valence-electron chi connectivity index (χ3n) is 1.95. The summed E-state index contributed by atoms with van der Waals surface area (Å²) in [4.78, 5) is 11.2. The van der Waals surface area contributed by atoms with Gasteiger partial charge in [0.1, 0.15) is 0 Å². The Bertz CT molecular complexity index is 415. The van der Waals surface area contributed by atoms with E-state index in [0.29, 0.717) is 13.0 Å². The summed E-state index contributed by atoms with van der Waals surface area (Å²) in [5.74, 6) is 5.75. The SMILES string of the molecule is CCNC(=O)Nc1ccc(C#CCCO)cc1. The summed E-state index contributed by atoms with van der Waals surface area (Å²) < 4.78 is 0. The Labute approximate surface area is 101 Å². The fraction of sp³-hybridized carbons (Fsp3) is 0.308. The maximum Gasteiger partial charge on any atom is 0.319 e. The largest absolute Gasteiger partial charge is 0.395 e.